The van der Waals surface area contributed by atoms with E-state index in [1.807, 2.05) is 0 Å². The second-order valence-corrected chi connectivity index (χ2v) is 5.57. The van der Waals surface area contributed by atoms with Gasteiger partial charge < -0.3 is 15.4 Å². The van der Waals surface area contributed by atoms with Crippen LogP contribution in [0.3, 0.4) is 0 Å². The number of anilines is 1. The van der Waals surface area contributed by atoms with Gasteiger partial charge in [0.1, 0.15) is 0 Å². The number of nitrogens with one attached hydrogen (secondary N) is 2. The third-order valence-corrected chi connectivity index (χ3v) is 3.70. The molecule has 7 heteroatoms. The third kappa shape index (κ3) is 6.89. The highest BCUT2D eigenvalue weighted by molar-refractivity contribution is 7.18. The normalized spacial score (nSPS) is 10.0. The third-order valence-electron chi connectivity index (χ3n) is 2.70. The van der Waals surface area contributed by atoms with Crippen LogP contribution in [0.5, 0.6) is 0 Å². The lowest BCUT2D eigenvalue weighted by atomic mass is 10.2. The summed E-state index contributed by atoms with van der Waals surface area (Å²) in [5, 5.41) is 6.10. The number of hydrogen-bond acceptors (Lipinski definition) is 5. The molecular weight excluding hydrogens is 292 g/mol. The lowest BCUT2D eigenvalue weighted by Gasteiger charge is -2.03. The Balaban J connectivity index is 2.20. The number of carbonyl (C=O) groups excluding carboxylic acids is 3. The van der Waals surface area contributed by atoms with Gasteiger partial charge in [-0.3, -0.25) is 14.4 Å². The number of rotatable bonds is 8. The maximum atomic E-state index is 11.8. The van der Waals surface area contributed by atoms with Gasteiger partial charge in [-0.15, -0.1) is 11.3 Å². The second kappa shape index (κ2) is 9.12. The minimum atomic E-state index is -0.205. The van der Waals surface area contributed by atoms with Crippen LogP contribution in [0.2, 0.25) is 0 Å². The summed E-state index contributed by atoms with van der Waals surface area (Å²) >= 11 is 1.24. The quantitative estimate of drug-likeness (QED) is 0.569. The summed E-state index contributed by atoms with van der Waals surface area (Å²) in [5.41, 5.74) is 0. The van der Waals surface area contributed by atoms with Crippen LogP contribution in [-0.4, -0.2) is 31.4 Å². The van der Waals surface area contributed by atoms with E-state index >= 15 is 0 Å². The number of esters is 1. The lowest BCUT2D eigenvalue weighted by molar-refractivity contribution is -0.140. The molecule has 2 amide bonds. The Labute approximate surface area is 127 Å². The molecule has 1 aromatic rings. The number of thiophene rings is 1. The molecule has 6 nitrogen and oxygen atoms in total. The van der Waals surface area contributed by atoms with Crippen molar-refractivity contribution in [3.05, 3.63) is 17.0 Å². The van der Waals surface area contributed by atoms with Crippen molar-refractivity contribution >= 4 is 34.1 Å². The average Bonchev–Trinajstić information content (AvgIpc) is 2.89. The van der Waals surface area contributed by atoms with E-state index in [0.29, 0.717) is 22.8 Å². The van der Waals surface area contributed by atoms with Gasteiger partial charge in [0.15, 0.2) is 0 Å². The molecular formula is C14H20N2O4S. The molecule has 1 heterocycles. The van der Waals surface area contributed by atoms with Gasteiger partial charge in [-0.05, 0) is 25.0 Å². The molecule has 0 atom stereocenters. The molecule has 1 rings (SSSR count). The molecule has 0 aliphatic heterocycles. The highest BCUT2D eigenvalue weighted by Crippen LogP contribution is 2.21. The largest absolute Gasteiger partial charge is 0.469 e. The Morgan fingerprint density at radius 2 is 1.95 bits per heavy atom. The molecule has 0 aromatic carbocycles. The van der Waals surface area contributed by atoms with Crippen molar-refractivity contribution in [1.29, 1.82) is 0 Å². The van der Waals surface area contributed by atoms with Crippen molar-refractivity contribution in [2.24, 2.45) is 0 Å². The van der Waals surface area contributed by atoms with Crippen molar-refractivity contribution < 1.29 is 19.1 Å². The number of unbranched alkanes of at least 4 members (excludes halogenated alkanes) is 2. The first-order valence-electron chi connectivity index (χ1n) is 6.75. The molecule has 0 spiro atoms. The number of methoxy groups -OCH3 is 1. The smallest absolute Gasteiger partial charge is 0.305 e. The minimum absolute atomic E-state index is 0.149. The van der Waals surface area contributed by atoms with Gasteiger partial charge in [-0.25, -0.2) is 0 Å². The summed E-state index contributed by atoms with van der Waals surface area (Å²) in [6.45, 7) is 1.99. The molecule has 2 N–H and O–H groups in total. The van der Waals surface area contributed by atoms with E-state index in [1.54, 1.807) is 12.1 Å². The molecule has 0 bridgehead atoms. The highest BCUT2D eigenvalue weighted by atomic mass is 32.1. The van der Waals surface area contributed by atoms with Crippen LogP contribution in [0.1, 0.15) is 42.3 Å². The zero-order valence-electron chi connectivity index (χ0n) is 12.2. The first-order chi connectivity index (χ1) is 10.0. The zero-order chi connectivity index (χ0) is 15.7. The maximum Gasteiger partial charge on any atom is 0.305 e. The second-order valence-electron chi connectivity index (χ2n) is 4.49. The summed E-state index contributed by atoms with van der Waals surface area (Å²) in [5.74, 6) is -0.512. The number of carbonyl (C=O) groups is 3. The van der Waals surface area contributed by atoms with Crippen LogP contribution in [0.15, 0.2) is 12.1 Å². The SMILES string of the molecule is COC(=O)CCCCCNC(=O)c1ccc(NC(C)=O)s1. The summed E-state index contributed by atoms with van der Waals surface area (Å²) in [4.78, 5) is 34.2. The number of hydrogen-bond donors (Lipinski definition) is 2. The Morgan fingerprint density at radius 3 is 2.62 bits per heavy atom. The molecule has 0 aliphatic rings. The van der Waals surface area contributed by atoms with Crippen molar-refractivity contribution in [3.63, 3.8) is 0 Å². The van der Waals surface area contributed by atoms with Gasteiger partial charge in [0.25, 0.3) is 5.91 Å². The predicted octanol–water partition coefficient (Wildman–Crippen LogP) is 2.17. The molecule has 0 unspecified atom stereocenters. The summed E-state index contributed by atoms with van der Waals surface area (Å²) in [7, 11) is 1.37. The Morgan fingerprint density at radius 1 is 1.19 bits per heavy atom. The summed E-state index contributed by atoms with van der Waals surface area (Å²) in [6, 6.07) is 3.39. The topological polar surface area (TPSA) is 84.5 Å². The van der Waals surface area contributed by atoms with E-state index < -0.39 is 0 Å². The molecule has 0 radical (unpaired) electrons. The fraction of sp³-hybridized carbons (Fsp3) is 0.500. The van der Waals surface area contributed by atoms with Crippen LogP contribution < -0.4 is 10.6 Å². The van der Waals surface area contributed by atoms with Gasteiger partial charge in [0.05, 0.1) is 17.0 Å². The minimum Gasteiger partial charge on any atom is -0.469 e. The van der Waals surface area contributed by atoms with E-state index in [2.05, 4.69) is 15.4 Å². The molecule has 0 aliphatic carbocycles. The van der Waals surface area contributed by atoms with E-state index in [-0.39, 0.29) is 17.8 Å². The Kier molecular flexibility index (Phi) is 7.45. The van der Waals surface area contributed by atoms with Gasteiger partial charge in [-0.2, -0.15) is 0 Å². The number of ether oxygens (including phenoxy) is 1. The molecule has 21 heavy (non-hydrogen) atoms. The standard InChI is InChI=1S/C14H20N2O4S/c1-10(17)16-12-8-7-11(21-12)14(19)15-9-5-3-4-6-13(18)20-2/h7-8H,3-6,9H2,1-2H3,(H,15,19)(H,16,17). The molecule has 0 saturated heterocycles. The molecule has 116 valence electrons. The van der Waals surface area contributed by atoms with E-state index in [4.69, 9.17) is 0 Å². The van der Waals surface area contributed by atoms with Crippen LogP contribution in [-0.2, 0) is 14.3 Å². The predicted molar refractivity (Wildman–Crippen MR) is 81.4 cm³/mol. The summed E-state index contributed by atoms with van der Waals surface area (Å²) < 4.78 is 4.55. The first-order valence-corrected chi connectivity index (χ1v) is 7.57. The fourth-order valence-corrected chi connectivity index (χ4v) is 2.53. The van der Waals surface area contributed by atoms with Crippen molar-refractivity contribution in [1.82, 2.24) is 5.32 Å². The summed E-state index contributed by atoms with van der Waals surface area (Å²) in [6.07, 6.45) is 2.84. The molecule has 0 saturated carbocycles. The maximum absolute atomic E-state index is 11.8. The lowest BCUT2D eigenvalue weighted by Crippen LogP contribution is -2.23. The van der Waals surface area contributed by atoms with Crippen LogP contribution in [0.4, 0.5) is 5.00 Å². The number of amides is 2. The monoisotopic (exact) mass is 312 g/mol. The molecule has 0 fully saturated rings. The van der Waals surface area contributed by atoms with E-state index in [9.17, 15) is 14.4 Å². The van der Waals surface area contributed by atoms with E-state index in [1.165, 1.54) is 25.4 Å². The fourth-order valence-electron chi connectivity index (χ4n) is 1.66. The van der Waals surface area contributed by atoms with Crippen molar-refractivity contribution in [2.45, 2.75) is 32.6 Å². The van der Waals surface area contributed by atoms with Crippen molar-refractivity contribution in [3.8, 4) is 0 Å². The molecule has 1 aromatic heterocycles. The van der Waals surface area contributed by atoms with Gasteiger partial charge in [-0.1, -0.05) is 6.42 Å². The Bertz CT molecular complexity index is 499. The van der Waals surface area contributed by atoms with Crippen LogP contribution in [0, 0.1) is 0 Å². The first kappa shape index (κ1) is 17.2. The van der Waals surface area contributed by atoms with Crippen LogP contribution in [0.25, 0.3) is 0 Å². The van der Waals surface area contributed by atoms with Gasteiger partial charge >= 0.3 is 5.97 Å². The van der Waals surface area contributed by atoms with Gasteiger partial charge in [0, 0.05) is 19.9 Å². The van der Waals surface area contributed by atoms with Crippen molar-refractivity contribution in [2.75, 3.05) is 19.0 Å². The average molecular weight is 312 g/mol. The van der Waals surface area contributed by atoms with Crippen LogP contribution >= 0.6 is 11.3 Å². The Hall–Kier alpha value is -1.89. The zero-order valence-corrected chi connectivity index (χ0v) is 13.0. The van der Waals surface area contributed by atoms with Gasteiger partial charge in [0.2, 0.25) is 5.91 Å². The highest BCUT2D eigenvalue weighted by Gasteiger charge is 2.09. The van der Waals surface area contributed by atoms with E-state index in [0.717, 1.165) is 19.3 Å².